The fraction of sp³-hybridized carbons (Fsp3) is 0.500. The number of allylic oxidation sites excluding steroid dienone is 2. The predicted molar refractivity (Wildman–Crippen MR) is 45.5 cm³/mol. The molecule has 2 heteroatoms. The van der Waals surface area contributed by atoms with Crippen molar-refractivity contribution < 1.29 is 9.90 Å². The van der Waals surface area contributed by atoms with Gasteiger partial charge in [0.1, 0.15) is 0 Å². The summed E-state index contributed by atoms with van der Waals surface area (Å²) in [6, 6.07) is 0. The topological polar surface area (TPSA) is 37.3 Å². The van der Waals surface area contributed by atoms with Crippen molar-refractivity contribution in [2.45, 2.75) is 18.9 Å². The molecule has 0 bridgehead atoms. The first-order valence-electron chi connectivity index (χ1n) is 4.28. The van der Waals surface area contributed by atoms with Crippen molar-refractivity contribution in [1.29, 1.82) is 0 Å². The van der Waals surface area contributed by atoms with Crippen molar-refractivity contribution in [2.24, 2.45) is 11.8 Å². The molecule has 0 aromatic rings. The van der Waals surface area contributed by atoms with Crippen molar-refractivity contribution in [3.63, 3.8) is 0 Å². The number of aliphatic hydroxyl groups excluding tert-OH is 1. The lowest BCUT2D eigenvalue weighted by Gasteiger charge is -2.20. The molecule has 2 aliphatic carbocycles. The van der Waals surface area contributed by atoms with E-state index in [-0.39, 0.29) is 17.6 Å². The summed E-state index contributed by atoms with van der Waals surface area (Å²) in [5, 5.41) is 9.61. The summed E-state index contributed by atoms with van der Waals surface area (Å²) in [7, 11) is 0. The van der Waals surface area contributed by atoms with Crippen LogP contribution in [0.2, 0.25) is 0 Å². The zero-order valence-corrected chi connectivity index (χ0v) is 6.86. The van der Waals surface area contributed by atoms with E-state index >= 15 is 0 Å². The van der Waals surface area contributed by atoms with Gasteiger partial charge in [-0.1, -0.05) is 18.7 Å². The molecule has 0 spiro atoms. The molecule has 2 aliphatic rings. The third-order valence-corrected chi connectivity index (χ3v) is 2.90. The molecule has 0 saturated heterocycles. The van der Waals surface area contributed by atoms with Crippen LogP contribution in [0.5, 0.6) is 0 Å². The van der Waals surface area contributed by atoms with Crippen molar-refractivity contribution in [1.82, 2.24) is 0 Å². The smallest absolute Gasteiger partial charge is 0.164 e. The van der Waals surface area contributed by atoms with Crippen LogP contribution in [-0.4, -0.2) is 17.0 Å². The third-order valence-electron chi connectivity index (χ3n) is 2.90. The predicted octanol–water partition coefficient (Wildman–Crippen LogP) is 1.07. The molecule has 3 atom stereocenters. The average molecular weight is 164 g/mol. The molecule has 0 aromatic heterocycles. The normalized spacial score (nSPS) is 40.2. The molecule has 2 nitrogen and oxygen atoms in total. The molecule has 0 heterocycles. The van der Waals surface area contributed by atoms with Gasteiger partial charge in [-0.3, -0.25) is 4.79 Å². The minimum absolute atomic E-state index is 0.0116. The number of carbonyl (C=O) groups is 1. The quantitative estimate of drug-likeness (QED) is 0.429. The van der Waals surface area contributed by atoms with Crippen molar-refractivity contribution in [3.8, 4) is 0 Å². The van der Waals surface area contributed by atoms with Crippen LogP contribution in [0.4, 0.5) is 0 Å². The average Bonchev–Trinajstić information content (AvgIpc) is 2.33. The van der Waals surface area contributed by atoms with Crippen LogP contribution < -0.4 is 0 Å². The van der Waals surface area contributed by atoms with Crippen molar-refractivity contribution in [3.05, 3.63) is 24.3 Å². The Morgan fingerprint density at radius 1 is 1.42 bits per heavy atom. The number of Topliss-reactive ketones (excluding diaryl/α,β-unsaturated/α-hetero) is 1. The highest BCUT2D eigenvalue weighted by Crippen LogP contribution is 2.39. The van der Waals surface area contributed by atoms with Gasteiger partial charge >= 0.3 is 0 Å². The number of rotatable bonds is 0. The van der Waals surface area contributed by atoms with E-state index in [1.54, 1.807) is 0 Å². The van der Waals surface area contributed by atoms with Crippen molar-refractivity contribution >= 4 is 5.78 Å². The van der Waals surface area contributed by atoms with Crippen LogP contribution in [0.15, 0.2) is 24.3 Å². The summed E-state index contributed by atoms with van der Waals surface area (Å²) in [4.78, 5) is 11.5. The number of carbonyl (C=O) groups excluding carboxylic acids is 1. The zero-order valence-electron chi connectivity index (χ0n) is 6.86. The summed E-state index contributed by atoms with van der Waals surface area (Å²) in [5.74, 6) is 0.185. The van der Waals surface area contributed by atoms with Gasteiger partial charge in [0.2, 0.25) is 0 Å². The second-order valence-corrected chi connectivity index (χ2v) is 3.55. The maximum Gasteiger partial charge on any atom is 0.164 e. The summed E-state index contributed by atoms with van der Waals surface area (Å²) in [6.07, 6.45) is 5.06. The molecule has 1 N–H and O–H groups in total. The lowest BCUT2D eigenvalue weighted by molar-refractivity contribution is -0.118. The first-order valence-corrected chi connectivity index (χ1v) is 4.28. The van der Waals surface area contributed by atoms with E-state index in [2.05, 4.69) is 6.58 Å². The molecule has 1 saturated carbocycles. The Bertz CT molecular complexity index is 265. The van der Waals surface area contributed by atoms with Gasteiger partial charge in [0, 0.05) is 17.4 Å². The maximum atomic E-state index is 11.5. The number of ketones is 1. The number of hydrogen-bond acceptors (Lipinski definition) is 2. The molecule has 2 rings (SSSR count). The van der Waals surface area contributed by atoms with Gasteiger partial charge in [0.15, 0.2) is 5.78 Å². The van der Waals surface area contributed by atoms with Gasteiger partial charge in [-0.15, -0.1) is 0 Å². The second kappa shape index (κ2) is 2.56. The van der Waals surface area contributed by atoms with Crippen LogP contribution >= 0.6 is 0 Å². The molecule has 64 valence electrons. The van der Waals surface area contributed by atoms with Gasteiger partial charge in [-0.2, -0.15) is 0 Å². The SMILES string of the molecule is C=C1C(=O)C2CC=CCC2C1O. The first kappa shape index (κ1) is 7.74. The van der Waals surface area contributed by atoms with Crippen LogP contribution in [0.1, 0.15) is 12.8 Å². The number of aliphatic hydroxyl groups is 1. The Hall–Kier alpha value is -0.890. The Labute approximate surface area is 71.6 Å². The number of fused-ring (bicyclic) bond motifs is 1. The summed E-state index contributed by atoms with van der Waals surface area (Å²) < 4.78 is 0. The Balaban J connectivity index is 2.31. The molecule has 12 heavy (non-hydrogen) atoms. The fourth-order valence-electron chi connectivity index (χ4n) is 2.13. The zero-order chi connectivity index (χ0) is 8.72. The first-order chi connectivity index (χ1) is 5.72. The van der Waals surface area contributed by atoms with Crippen molar-refractivity contribution in [2.75, 3.05) is 0 Å². The molecule has 0 aromatic carbocycles. The highest BCUT2D eigenvalue weighted by molar-refractivity contribution is 6.00. The highest BCUT2D eigenvalue weighted by Gasteiger charge is 2.43. The Morgan fingerprint density at radius 3 is 2.75 bits per heavy atom. The summed E-state index contributed by atoms with van der Waals surface area (Å²) in [5.41, 5.74) is 0.411. The lowest BCUT2D eigenvalue weighted by Crippen LogP contribution is -2.21. The van der Waals surface area contributed by atoms with E-state index in [9.17, 15) is 9.90 Å². The standard InChI is InChI=1S/C10H12O2/c1-6-9(11)7-4-2-3-5-8(7)10(6)12/h2-3,7-9,11H,1,4-5H2. The van der Waals surface area contributed by atoms with Gasteiger partial charge in [-0.05, 0) is 12.8 Å². The van der Waals surface area contributed by atoms with Gasteiger partial charge < -0.3 is 5.11 Å². The molecular weight excluding hydrogens is 152 g/mol. The number of hydrogen-bond donors (Lipinski definition) is 1. The van der Waals surface area contributed by atoms with Crippen LogP contribution in [0.25, 0.3) is 0 Å². The summed E-state index contributed by atoms with van der Waals surface area (Å²) in [6.45, 7) is 3.61. The highest BCUT2D eigenvalue weighted by atomic mass is 16.3. The maximum absolute atomic E-state index is 11.5. The van der Waals surface area contributed by atoms with Crippen LogP contribution in [0, 0.1) is 11.8 Å². The second-order valence-electron chi connectivity index (χ2n) is 3.55. The lowest BCUT2D eigenvalue weighted by atomic mass is 9.85. The molecular formula is C10H12O2. The molecule has 0 aliphatic heterocycles. The van der Waals surface area contributed by atoms with E-state index in [1.807, 2.05) is 12.2 Å². The Kier molecular flexibility index (Phi) is 1.65. The minimum Gasteiger partial charge on any atom is -0.388 e. The molecule has 3 unspecified atom stereocenters. The van der Waals surface area contributed by atoms with E-state index in [4.69, 9.17) is 0 Å². The van der Waals surface area contributed by atoms with E-state index < -0.39 is 6.10 Å². The van der Waals surface area contributed by atoms with E-state index in [0.717, 1.165) is 12.8 Å². The fourth-order valence-corrected chi connectivity index (χ4v) is 2.13. The van der Waals surface area contributed by atoms with E-state index in [0.29, 0.717) is 5.57 Å². The van der Waals surface area contributed by atoms with Crippen LogP contribution in [0.3, 0.4) is 0 Å². The minimum atomic E-state index is -0.590. The molecule has 1 fully saturated rings. The largest absolute Gasteiger partial charge is 0.388 e. The Morgan fingerprint density at radius 2 is 2.08 bits per heavy atom. The molecule has 0 amide bonds. The molecule has 0 radical (unpaired) electrons. The van der Waals surface area contributed by atoms with Crippen LogP contribution in [-0.2, 0) is 4.79 Å². The van der Waals surface area contributed by atoms with Gasteiger partial charge in [-0.25, -0.2) is 0 Å². The van der Waals surface area contributed by atoms with Gasteiger partial charge in [0.05, 0.1) is 6.10 Å². The van der Waals surface area contributed by atoms with Gasteiger partial charge in [0.25, 0.3) is 0 Å². The summed E-state index contributed by atoms with van der Waals surface area (Å²) >= 11 is 0. The monoisotopic (exact) mass is 164 g/mol. The van der Waals surface area contributed by atoms with E-state index in [1.165, 1.54) is 0 Å². The third kappa shape index (κ3) is 0.879.